The number of rotatable bonds is 2. The van der Waals surface area contributed by atoms with Crippen LogP contribution in [0.3, 0.4) is 0 Å². The second-order valence-corrected chi connectivity index (χ2v) is 6.63. The summed E-state index contributed by atoms with van der Waals surface area (Å²) in [5.41, 5.74) is 0.725. The number of carbonyl (C=O) groups is 1. The SMILES string of the molecule is O=C(NC1CCc2nccn2C1)c1csc(Br)c1. The Morgan fingerprint density at radius 3 is 3.28 bits per heavy atom. The summed E-state index contributed by atoms with van der Waals surface area (Å²) in [6.07, 6.45) is 5.66. The summed E-state index contributed by atoms with van der Waals surface area (Å²) in [5.74, 6) is 1.12. The lowest BCUT2D eigenvalue weighted by Gasteiger charge is -2.24. The van der Waals surface area contributed by atoms with Crippen molar-refractivity contribution in [1.29, 1.82) is 0 Å². The lowest BCUT2D eigenvalue weighted by Crippen LogP contribution is -2.40. The van der Waals surface area contributed by atoms with E-state index in [0.717, 1.165) is 34.6 Å². The second kappa shape index (κ2) is 4.85. The van der Waals surface area contributed by atoms with Crippen LogP contribution in [0.4, 0.5) is 0 Å². The zero-order chi connectivity index (χ0) is 12.5. The summed E-state index contributed by atoms with van der Waals surface area (Å²) < 4.78 is 3.09. The third kappa shape index (κ3) is 2.35. The van der Waals surface area contributed by atoms with Gasteiger partial charge < -0.3 is 9.88 Å². The number of nitrogens with zero attached hydrogens (tertiary/aromatic N) is 2. The molecule has 0 spiro atoms. The molecule has 4 nitrogen and oxygen atoms in total. The van der Waals surface area contributed by atoms with E-state index >= 15 is 0 Å². The largest absolute Gasteiger partial charge is 0.347 e. The zero-order valence-corrected chi connectivity index (χ0v) is 12.0. The van der Waals surface area contributed by atoms with Crippen molar-refractivity contribution in [2.45, 2.75) is 25.4 Å². The Hall–Kier alpha value is -1.14. The number of imidazole rings is 1. The topological polar surface area (TPSA) is 46.9 Å². The van der Waals surface area contributed by atoms with Gasteiger partial charge in [0.2, 0.25) is 0 Å². The maximum absolute atomic E-state index is 12.0. The number of nitrogens with one attached hydrogen (secondary N) is 1. The summed E-state index contributed by atoms with van der Waals surface area (Å²) in [6.45, 7) is 0.812. The fourth-order valence-electron chi connectivity index (χ4n) is 2.18. The van der Waals surface area contributed by atoms with Gasteiger partial charge in [0.05, 0.1) is 9.35 Å². The number of thiophene rings is 1. The van der Waals surface area contributed by atoms with E-state index in [1.54, 1.807) is 0 Å². The predicted molar refractivity (Wildman–Crippen MR) is 73.8 cm³/mol. The number of fused-ring (bicyclic) bond motifs is 1. The van der Waals surface area contributed by atoms with Gasteiger partial charge in [0.25, 0.3) is 5.91 Å². The van der Waals surface area contributed by atoms with Crippen LogP contribution in [0.2, 0.25) is 0 Å². The first kappa shape index (κ1) is 11.9. The van der Waals surface area contributed by atoms with Crippen LogP contribution in [0, 0.1) is 0 Å². The molecule has 18 heavy (non-hydrogen) atoms. The Morgan fingerprint density at radius 1 is 1.61 bits per heavy atom. The highest BCUT2D eigenvalue weighted by molar-refractivity contribution is 9.11. The Morgan fingerprint density at radius 2 is 2.50 bits per heavy atom. The minimum atomic E-state index is 0.00511. The Balaban J connectivity index is 1.66. The molecule has 1 amide bonds. The van der Waals surface area contributed by atoms with E-state index in [1.165, 1.54) is 11.3 Å². The average molecular weight is 326 g/mol. The van der Waals surface area contributed by atoms with Crippen molar-refractivity contribution in [3.8, 4) is 0 Å². The highest BCUT2D eigenvalue weighted by atomic mass is 79.9. The van der Waals surface area contributed by atoms with Crippen molar-refractivity contribution in [3.05, 3.63) is 39.0 Å². The molecule has 2 aromatic rings. The van der Waals surface area contributed by atoms with Gasteiger partial charge >= 0.3 is 0 Å². The third-order valence-electron chi connectivity index (χ3n) is 3.10. The van der Waals surface area contributed by atoms with E-state index < -0.39 is 0 Å². The zero-order valence-electron chi connectivity index (χ0n) is 9.60. The van der Waals surface area contributed by atoms with Gasteiger partial charge in [-0.2, -0.15) is 0 Å². The number of aromatic nitrogens is 2. The minimum Gasteiger partial charge on any atom is -0.347 e. The van der Waals surface area contributed by atoms with Crippen LogP contribution < -0.4 is 5.32 Å². The first-order valence-electron chi connectivity index (χ1n) is 5.77. The number of hydrogen-bond acceptors (Lipinski definition) is 3. The molecule has 0 radical (unpaired) electrons. The molecule has 3 rings (SSSR count). The number of hydrogen-bond donors (Lipinski definition) is 1. The number of aryl methyl sites for hydroxylation is 1. The van der Waals surface area contributed by atoms with Crippen molar-refractivity contribution in [1.82, 2.24) is 14.9 Å². The molecule has 1 N–H and O–H groups in total. The van der Waals surface area contributed by atoms with E-state index in [0.29, 0.717) is 0 Å². The van der Waals surface area contributed by atoms with Crippen LogP contribution in [-0.2, 0) is 13.0 Å². The fourth-order valence-corrected chi connectivity index (χ4v) is 3.32. The molecule has 6 heteroatoms. The Kier molecular flexibility index (Phi) is 3.22. The van der Waals surface area contributed by atoms with Crippen molar-refractivity contribution in [2.24, 2.45) is 0 Å². The van der Waals surface area contributed by atoms with Gasteiger partial charge in [-0.3, -0.25) is 4.79 Å². The number of halogens is 1. The maximum Gasteiger partial charge on any atom is 0.252 e. The molecule has 1 unspecified atom stereocenters. The first-order valence-corrected chi connectivity index (χ1v) is 7.44. The van der Waals surface area contributed by atoms with Gasteiger partial charge in [-0.1, -0.05) is 0 Å². The lowest BCUT2D eigenvalue weighted by atomic mass is 10.1. The van der Waals surface area contributed by atoms with Crippen LogP contribution in [0.15, 0.2) is 27.6 Å². The van der Waals surface area contributed by atoms with Gasteiger partial charge in [0.1, 0.15) is 5.82 Å². The molecule has 0 bridgehead atoms. The Labute approximate surface area is 117 Å². The standard InChI is InChI=1S/C12H12BrN3OS/c13-10-5-8(7-18-10)12(17)15-9-1-2-11-14-3-4-16(11)6-9/h3-5,7,9H,1-2,6H2,(H,15,17). The van der Waals surface area contributed by atoms with Crippen molar-refractivity contribution in [2.75, 3.05) is 0 Å². The molecule has 0 saturated heterocycles. The molecule has 2 aromatic heterocycles. The third-order valence-corrected chi connectivity index (χ3v) is 4.60. The highest BCUT2D eigenvalue weighted by Crippen LogP contribution is 2.21. The molecule has 0 aromatic carbocycles. The number of carbonyl (C=O) groups excluding carboxylic acids is 1. The molecule has 0 aliphatic carbocycles. The molecular weight excluding hydrogens is 314 g/mol. The van der Waals surface area contributed by atoms with Crippen LogP contribution in [0.5, 0.6) is 0 Å². The van der Waals surface area contributed by atoms with E-state index in [9.17, 15) is 4.79 Å². The summed E-state index contributed by atoms with van der Waals surface area (Å²) in [4.78, 5) is 16.3. The lowest BCUT2D eigenvalue weighted by molar-refractivity contribution is 0.0928. The van der Waals surface area contributed by atoms with E-state index in [-0.39, 0.29) is 11.9 Å². The molecule has 1 atom stereocenters. The van der Waals surface area contributed by atoms with Crippen molar-refractivity contribution in [3.63, 3.8) is 0 Å². The molecule has 0 fully saturated rings. The average Bonchev–Trinajstić information content (AvgIpc) is 2.96. The van der Waals surface area contributed by atoms with Gasteiger partial charge in [-0.15, -0.1) is 11.3 Å². The normalized spacial score (nSPS) is 18.4. The highest BCUT2D eigenvalue weighted by Gasteiger charge is 2.21. The monoisotopic (exact) mass is 325 g/mol. The van der Waals surface area contributed by atoms with Crippen molar-refractivity contribution >= 4 is 33.2 Å². The van der Waals surface area contributed by atoms with Gasteiger partial charge in [0.15, 0.2) is 0 Å². The summed E-state index contributed by atoms with van der Waals surface area (Å²) in [6, 6.07) is 2.05. The molecular formula is C12H12BrN3OS. The van der Waals surface area contributed by atoms with Crippen LogP contribution >= 0.6 is 27.3 Å². The maximum atomic E-state index is 12.0. The smallest absolute Gasteiger partial charge is 0.252 e. The predicted octanol–water partition coefficient (Wildman–Crippen LogP) is 2.45. The number of amides is 1. The Bertz CT molecular complexity index is 577. The van der Waals surface area contributed by atoms with E-state index in [2.05, 4.69) is 30.8 Å². The quantitative estimate of drug-likeness (QED) is 0.921. The van der Waals surface area contributed by atoms with Crippen molar-refractivity contribution < 1.29 is 4.79 Å². The van der Waals surface area contributed by atoms with E-state index in [1.807, 2.05) is 23.8 Å². The van der Waals surface area contributed by atoms with E-state index in [4.69, 9.17) is 0 Å². The second-order valence-electron chi connectivity index (χ2n) is 4.34. The summed E-state index contributed by atoms with van der Waals surface area (Å²) >= 11 is 4.89. The van der Waals surface area contributed by atoms with Crippen LogP contribution in [0.1, 0.15) is 22.6 Å². The summed E-state index contributed by atoms with van der Waals surface area (Å²) in [5, 5.41) is 4.94. The fraction of sp³-hybridized carbons (Fsp3) is 0.333. The van der Waals surface area contributed by atoms with Crippen LogP contribution in [0.25, 0.3) is 0 Å². The molecule has 94 valence electrons. The van der Waals surface area contributed by atoms with Gasteiger partial charge in [-0.25, -0.2) is 4.98 Å². The molecule has 0 saturated carbocycles. The van der Waals surface area contributed by atoms with Gasteiger partial charge in [0, 0.05) is 36.8 Å². The van der Waals surface area contributed by atoms with Crippen LogP contribution in [-0.4, -0.2) is 21.5 Å². The summed E-state index contributed by atoms with van der Waals surface area (Å²) in [7, 11) is 0. The minimum absolute atomic E-state index is 0.00511. The van der Waals surface area contributed by atoms with Gasteiger partial charge in [-0.05, 0) is 28.4 Å². The first-order chi connectivity index (χ1) is 8.72. The molecule has 1 aliphatic rings. The molecule has 3 heterocycles. The molecule has 1 aliphatic heterocycles.